The minimum atomic E-state index is -0.943. The second-order valence-corrected chi connectivity index (χ2v) is 6.00. The molecule has 118 valence electrons. The molecule has 0 unspecified atom stereocenters. The molecule has 23 heavy (non-hydrogen) atoms. The van der Waals surface area contributed by atoms with Gasteiger partial charge in [-0.05, 0) is 41.5 Å². The van der Waals surface area contributed by atoms with Crippen LogP contribution in [0.25, 0.3) is 0 Å². The first-order valence-electron chi connectivity index (χ1n) is 7.77. The van der Waals surface area contributed by atoms with E-state index in [1.807, 2.05) is 18.2 Å². The smallest absolute Gasteiger partial charge is 0.335 e. The van der Waals surface area contributed by atoms with Gasteiger partial charge in [-0.15, -0.1) is 0 Å². The number of carbonyl (C=O) groups excluding carboxylic acids is 1. The predicted octanol–water partition coefficient (Wildman–Crippen LogP) is 3.19. The fourth-order valence-electron chi connectivity index (χ4n) is 2.86. The predicted molar refractivity (Wildman–Crippen MR) is 87.2 cm³/mol. The molecule has 4 nitrogen and oxygen atoms in total. The number of carboxylic acids is 1. The van der Waals surface area contributed by atoms with Gasteiger partial charge in [-0.25, -0.2) is 4.79 Å². The molecule has 2 aromatic carbocycles. The molecular formula is C19H19NO3. The summed E-state index contributed by atoms with van der Waals surface area (Å²) >= 11 is 0. The second kappa shape index (κ2) is 6.65. The molecule has 2 N–H and O–H groups in total. The first-order valence-corrected chi connectivity index (χ1v) is 7.77. The zero-order valence-corrected chi connectivity index (χ0v) is 12.7. The third-order valence-corrected chi connectivity index (χ3v) is 4.29. The third kappa shape index (κ3) is 3.97. The molecule has 1 amide bonds. The van der Waals surface area contributed by atoms with Crippen LogP contribution in [0.15, 0.2) is 54.6 Å². The molecule has 1 saturated carbocycles. The lowest BCUT2D eigenvalue weighted by molar-refractivity contribution is -0.121. The first kappa shape index (κ1) is 15.3. The largest absolute Gasteiger partial charge is 0.478 e. The van der Waals surface area contributed by atoms with Gasteiger partial charge in [0.05, 0.1) is 5.56 Å². The Morgan fingerprint density at radius 2 is 1.74 bits per heavy atom. The van der Waals surface area contributed by atoms with Crippen molar-refractivity contribution in [1.82, 2.24) is 5.32 Å². The maximum Gasteiger partial charge on any atom is 0.335 e. The Balaban J connectivity index is 1.45. The van der Waals surface area contributed by atoms with Crippen molar-refractivity contribution in [3.63, 3.8) is 0 Å². The quantitative estimate of drug-likeness (QED) is 0.861. The molecular weight excluding hydrogens is 290 g/mol. The van der Waals surface area contributed by atoms with Gasteiger partial charge in [0.2, 0.25) is 5.91 Å². The van der Waals surface area contributed by atoms with Gasteiger partial charge in [0.15, 0.2) is 0 Å². The number of carboxylic acid groups (broad SMARTS) is 1. The maximum atomic E-state index is 12.0. The standard InChI is InChI=1S/C19H19NO3/c21-18(11-16-10-17(16)14-4-2-1-3-5-14)20-12-13-6-8-15(9-7-13)19(22)23/h1-9,16-17H,10-12H2,(H,20,21)(H,22,23)/t16-,17-/m0/s1. The van der Waals surface area contributed by atoms with Crippen LogP contribution in [0, 0.1) is 5.92 Å². The van der Waals surface area contributed by atoms with E-state index in [9.17, 15) is 9.59 Å². The van der Waals surface area contributed by atoms with Gasteiger partial charge in [-0.3, -0.25) is 4.79 Å². The summed E-state index contributed by atoms with van der Waals surface area (Å²) < 4.78 is 0. The Hall–Kier alpha value is -2.62. The van der Waals surface area contributed by atoms with Gasteiger partial charge in [0.25, 0.3) is 0 Å². The zero-order chi connectivity index (χ0) is 16.2. The highest BCUT2D eigenvalue weighted by molar-refractivity contribution is 5.87. The van der Waals surface area contributed by atoms with Gasteiger partial charge in [0.1, 0.15) is 0 Å². The van der Waals surface area contributed by atoms with E-state index in [1.54, 1.807) is 24.3 Å². The van der Waals surface area contributed by atoms with Gasteiger partial charge in [-0.2, -0.15) is 0 Å². The molecule has 1 fully saturated rings. The van der Waals surface area contributed by atoms with Crippen LogP contribution in [0.1, 0.15) is 40.2 Å². The molecule has 0 spiro atoms. The van der Waals surface area contributed by atoms with Crippen LogP contribution in [0.5, 0.6) is 0 Å². The summed E-state index contributed by atoms with van der Waals surface area (Å²) in [4.78, 5) is 22.8. The van der Waals surface area contributed by atoms with Crippen molar-refractivity contribution in [2.45, 2.75) is 25.3 Å². The van der Waals surface area contributed by atoms with Gasteiger partial charge in [0, 0.05) is 13.0 Å². The van der Waals surface area contributed by atoms with Crippen molar-refractivity contribution < 1.29 is 14.7 Å². The van der Waals surface area contributed by atoms with Gasteiger partial charge >= 0.3 is 5.97 Å². The van der Waals surface area contributed by atoms with Crippen LogP contribution in [0.4, 0.5) is 0 Å². The van der Waals surface area contributed by atoms with Gasteiger partial charge in [-0.1, -0.05) is 42.5 Å². The monoisotopic (exact) mass is 309 g/mol. The molecule has 2 atom stereocenters. The summed E-state index contributed by atoms with van der Waals surface area (Å²) in [6.07, 6.45) is 1.62. The lowest BCUT2D eigenvalue weighted by Gasteiger charge is -2.06. The van der Waals surface area contributed by atoms with Crippen molar-refractivity contribution in [2.24, 2.45) is 5.92 Å². The van der Waals surface area contributed by atoms with E-state index in [1.165, 1.54) is 5.56 Å². The SMILES string of the molecule is O=C(C[C@@H]1C[C@H]1c1ccccc1)NCc1ccc(C(=O)O)cc1. The average Bonchev–Trinajstić information content (AvgIpc) is 3.33. The molecule has 1 aliphatic carbocycles. The number of hydrogen-bond donors (Lipinski definition) is 2. The Kier molecular flexibility index (Phi) is 4.42. The Morgan fingerprint density at radius 1 is 1.04 bits per heavy atom. The molecule has 0 bridgehead atoms. The highest BCUT2D eigenvalue weighted by Gasteiger charge is 2.39. The van der Waals surface area contributed by atoms with Crippen LogP contribution >= 0.6 is 0 Å². The van der Waals surface area contributed by atoms with Crippen LogP contribution < -0.4 is 5.32 Å². The summed E-state index contributed by atoms with van der Waals surface area (Å²) in [5, 5.41) is 11.8. The Morgan fingerprint density at radius 3 is 2.39 bits per heavy atom. The van der Waals surface area contributed by atoms with Crippen LogP contribution in [-0.4, -0.2) is 17.0 Å². The van der Waals surface area contributed by atoms with E-state index in [-0.39, 0.29) is 11.5 Å². The number of hydrogen-bond acceptors (Lipinski definition) is 2. The molecule has 2 aromatic rings. The fraction of sp³-hybridized carbons (Fsp3) is 0.263. The lowest BCUT2D eigenvalue weighted by Crippen LogP contribution is -2.23. The van der Waals surface area contributed by atoms with E-state index in [0.717, 1.165) is 12.0 Å². The highest BCUT2D eigenvalue weighted by atomic mass is 16.4. The minimum Gasteiger partial charge on any atom is -0.478 e. The minimum absolute atomic E-state index is 0.0516. The van der Waals surface area contributed by atoms with E-state index in [2.05, 4.69) is 17.4 Å². The van der Waals surface area contributed by atoms with Crippen molar-refractivity contribution >= 4 is 11.9 Å². The van der Waals surface area contributed by atoms with Crippen molar-refractivity contribution in [2.75, 3.05) is 0 Å². The maximum absolute atomic E-state index is 12.0. The zero-order valence-electron chi connectivity index (χ0n) is 12.7. The number of aromatic carboxylic acids is 1. The number of nitrogens with one attached hydrogen (secondary N) is 1. The number of rotatable bonds is 6. The van der Waals surface area contributed by atoms with Crippen LogP contribution in [0.2, 0.25) is 0 Å². The number of carbonyl (C=O) groups is 2. The van der Waals surface area contributed by atoms with E-state index in [0.29, 0.717) is 24.8 Å². The van der Waals surface area contributed by atoms with Crippen molar-refractivity contribution in [1.29, 1.82) is 0 Å². The molecule has 0 heterocycles. The fourth-order valence-corrected chi connectivity index (χ4v) is 2.86. The Labute approximate surface area is 135 Å². The lowest BCUT2D eigenvalue weighted by atomic mass is 10.1. The average molecular weight is 309 g/mol. The third-order valence-electron chi connectivity index (χ3n) is 4.29. The summed E-state index contributed by atoms with van der Waals surface area (Å²) in [6, 6.07) is 16.9. The molecule has 0 aromatic heterocycles. The van der Waals surface area contributed by atoms with E-state index >= 15 is 0 Å². The molecule has 3 rings (SSSR count). The molecule has 1 aliphatic rings. The van der Waals surface area contributed by atoms with Crippen molar-refractivity contribution in [3.8, 4) is 0 Å². The van der Waals surface area contributed by atoms with Crippen molar-refractivity contribution in [3.05, 3.63) is 71.3 Å². The molecule has 4 heteroatoms. The first-order chi connectivity index (χ1) is 11.1. The van der Waals surface area contributed by atoms with Crippen LogP contribution in [0.3, 0.4) is 0 Å². The van der Waals surface area contributed by atoms with E-state index in [4.69, 9.17) is 5.11 Å². The molecule has 0 aliphatic heterocycles. The summed E-state index contributed by atoms with van der Waals surface area (Å²) in [6.45, 7) is 0.432. The van der Waals surface area contributed by atoms with Gasteiger partial charge < -0.3 is 10.4 Å². The normalized spacial score (nSPS) is 19.1. The molecule has 0 saturated heterocycles. The summed E-state index contributed by atoms with van der Waals surface area (Å²) in [5.41, 5.74) is 2.47. The van der Waals surface area contributed by atoms with E-state index < -0.39 is 5.97 Å². The Bertz CT molecular complexity index is 694. The summed E-state index contributed by atoms with van der Waals surface area (Å²) in [5.74, 6) is 0.0561. The summed E-state index contributed by atoms with van der Waals surface area (Å²) in [7, 11) is 0. The highest BCUT2D eigenvalue weighted by Crippen LogP contribution is 2.49. The molecule has 0 radical (unpaired) electrons. The number of benzene rings is 2. The second-order valence-electron chi connectivity index (χ2n) is 6.00. The number of amides is 1. The topological polar surface area (TPSA) is 66.4 Å². The van der Waals surface area contributed by atoms with Crippen LogP contribution in [-0.2, 0) is 11.3 Å².